The van der Waals surface area contributed by atoms with E-state index in [0.717, 1.165) is 0 Å². The average Bonchev–Trinajstić information content (AvgIpc) is 2.64. The third-order valence-electron chi connectivity index (χ3n) is 2.83. The second-order valence-electron chi connectivity index (χ2n) is 4.51. The molecule has 1 heterocycles. The van der Waals surface area contributed by atoms with Crippen molar-refractivity contribution in [3.05, 3.63) is 56.8 Å². The zero-order valence-corrected chi connectivity index (χ0v) is 11.3. The van der Waals surface area contributed by atoms with Gasteiger partial charge in [-0.05, 0) is 43.3 Å². The summed E-state index contributed by atoms with van der Waals surface area (Å²) in [5.74, 6) is 5.70. The maximum Gasteiger partial charge on any atom is 0.0718 e. The molecule has 3 N–H and O–H groups in total. The predicted molar refractivity (Wildman–Crippen MR) is 74.1 cm³/mol. The van der Waals surface area contributed by atoms with Gasteiger partial charge in [-0.15, -0.1) is 11.3 Å². The number of hydrazine groups is 1. The van der Waals surface area contributed by atoms with Gasteiger partial charge in [0.15, 0.2) is 0 Å². The van der Waals surface area contributed by atoms with Gasteiger partial charge in [0.2, 0.25) is 0 Å². The summed E-state index contributed by atoms with van der Waals surface area (Å²) in [6.45, 7) is 6.34. The van der Waals surface area contributed by atoms with E-state index in [2.05, 4.69) is 55.8 Å². The van der Waals surface area contributed by atoms with Crippen molar-refractivity contribution in [2.24, 2.45) is 5.84 Å². The van der Waals surface area contributed by atoms with Crippen LogP contribution in [0.3, 0.4) is 0 Å². The van der Waals surface area contributed by atoms with Crippen LogP contribution in [-0.4, -0.2) is 0 Å². The Bertz CT molecular complexity index is 496. The van der Waals surface area contributed by atoms with E-state index in [1.807, 2.05) is 0 Å². The summed E-state index contributed by atoms with van der Waals surface area (Å²) >= 11 is 1.76. The van der Waals surface area contributed by atoms with Gasteiger partial charge in [0.1, 0.15) is 0 Å². The topological polar surface area (TPSA) is 38.0 Å². The number of aryl methyl sites for hydroxylation is 3. The smallest absolute Gasteiger partial charge is 0.0718 e. The van der Waals surface area contributed by atoms with E-state index in [4.69, 9.17) is 5.84 Å². The summed E-state index contributed by atoms with van der Waals surface area (Å²) < 4.78 is 0. The molecule has 0 radical (unpaired) electrons. The van der Waals surface area contributed by atoms with Crippen molar-refractivity contribution in [2.45, 2.75) is 26.8 Å². The monoisotopic (exact) mass is 246 g/mol. The Kier molecular flexibility index (Phi) is 3.62. The lowest BCUT2D eigenvalue weighted by atomic mass is 9.98. The van der Waals surface area contributed by atoms with Gasteiger partial charge < -0.3 is 0 Å². The maximum atomic E-state index is 5.70. The molecule has 0 aliphatic rings. The average molecular weight is 246 g/mol. The van der Waals surface area contributed by atoms with E-state index < -0.39 is 0 Å². The molecule has 0 spiro atoms. The molecule has 0 aliphatic heterocycles. The SMILES string of the molecule is Cc1cc(C)cc(C(NN)c2csc(C)c2)c1. The number of benzene rings is 1. The minimum atomic E-state index is 0.0820. The molecule has 3 heteroatoms. The highest BCUT2D eigenvalue weighted by molar-refractivity contribution is 7.10. The summed E-state index contributed by atoms with van der Waals surface area (Å²) in [6.07, 6.45) is 0. The van der Waals surface area contributed by atoms with Crippen LogP contribution in [-0.2, 0) is 0 Å². The van der Waals surface area contributed by atoms with Crippen LogP contribution in [0.1, 0.15) is 33.2 Å². The van der Waals surface area contributed by atoms with E-state index in [1.54, 1.807) is 11.3 Å². The number of hydrogen-bond donors (Lipinski definition) is 2. The Morgan fingerprint density at radius 2 is 1.65 bits per heavy atom. The zero-order chi connectivity index (χ0) is 12.4. The van der Waals surface area contributed by atoms with Crippen molar-refractivity contribution in [3.63, 3.8) is 0 Å². The fourth-order valence-corrected chi connectivity index (χ4v) is 2.91. The molecule has 2 rings (SSSR count). The first-order valence-electron chi connectivity index (χ1n) is 5.69. The van der Waals surface area contributed by atoms with Crippen LogP contribution in [0.2, 0.25) is 0 Å². The molecular formula is C14H18N2S. The van der Waals surface area contributed by atoms with Crippen molar-refractivity contribution in [1.29, 1.82) is 0 Å². The molecule has 0 amide bonds. The van der Waals surface area contributed by atoms with Gasteiger partial charge in [-0.2, -0.15) is 0 Å². The quantitative estimate of drug-likeness (QED) is 0.644. The number of nitrogens with one attached hydrogen (secondary N) is 1. The first-order valence-corrected chi connectivity index (χ1v) is 6.57. The van der Waals surface area contributed by atoms with Gasteiger partial charge in [0, 0.05) is 4.88 Å². The van der Waals surface area contributed by atoms with Gasteiger partial charge in [-0.1, -0.05) is 29.3 Å². The fourth-order valence-electron chi connectivity index (χ4n) is 2.18. The van der Waals surface area contributed by atoms with Crippen LogP contribution in [0.5, 0.6) is 0 Å². The Labute approximate surface area is 106 Å². The van der Waals surface area contributed by atoms with E-state index >= 15 is 0 Å². The Hall–Kier alpha value is -1.16. The molecule has 1 aromatic heterocycles. The third kappa shape index (κ3) is 2.75. The maximum absolute atomic E-state index is 5.70. The molecule has 17 heavy (non-hydrogen) atoms. The predicted octanol–water partition coefficient (Wildman–Crippen LogP) is 3.23. The summed E-state index contributed by atoms with van der Waals surface area (Å²) in [5.41, 5.74) is 7.91. The molecule has 2 aromatic rings. The summed E-state index contributed by atoms with van der Waals surface area (Å²) in [5, 5.41) is 2.16. The lowest BCUT2D eigenvalue weighted by Gasteiger charge is -2.16. The van der Waals surface area contributed by atoms with Gasteiger partial charge >= 0.3 is 0 Å². The second kappa shape index (κ2) is 5.00. The van der Waals surface area contributed by atoms with Crippen molar-refractivity contribution >= 4 is 11.3 Å². The number of hydrogen-bond acceptors (Lipinski definition) is 3. The number of thiophene rings is 1. The number of rotatable bonds is 3. The van der Waals surface area contributed by atoms with Crippen LogP contribution >= 0.6 is 11.3 Å². The highest BCUT2D eigenvalue weighted by atomic mass is 32.1. The van der Waals surface area contributed by atoms with Crippen LogP contribution in [0.15, 0.2) is 29.6 Å². The first kappa shape index (κ1) is 12.3. The lowest BCUT2D eigenvalue weighted by Crippen LogP contribution is -2.28. The lowest BCUT2D eigenvalue weighted by molar-refractivity contribution is 0.638. The molecule has 1 unspecified atom stereocenters. The highest BCUT2D eigenvalue weighted by Crippen LogP contribution is 2.26. The minimum Gasteiger partial charge on any atom is -0.271 e. The van der Waals surface area contributed by atoms with Crippen LogP contribution in [0.4, 0.5) is 0 Å². The van der Waals surface area contributed by atoms with Crippen molar-refractivity contribution in [3.8, 4) is 0 Å². The fraction of sp³-hybridized carbons (Fsp3) is 0.286. The van der Waals surface area contributed by atoms with E-state index in [1.165, 1.54) is 27.1 Å². The van der Waals surface area contributed by atoms with E-state index in [-0.39, 0.29) is 6.04 Å². The highest BCUT2D eigenvalue weighted by Gasteiger charge is 2.14. The zero-order valence-electron chi connectivity index (χ0n) is 10.4. The van der Waals surface area contributed by atoms with Gasteiger partial charge in [0.05, 0.1) is 6.04 Å². The molecule has 0 bridgehead atoms. The summed E-state index contributed by atoms with van der Waals surface area (Å²) in [6, 6.07) is 8.82. The first-order chi connectivity index (χ1) is 8.10. The second-order valence-corrected chi connectivity index (χ2v) is 5.63. The molecule has 2 nitrogen and oxygen atoms in total. The van der Waals surface area contributed by atoms with E-state index in [9.17, 15) is 0 Å². The van der Waals surface area contributed by atoms with Crippen molar-refractivity contribution in [2.75, 3.05) is 0 Å². The Morgan fingerprint density at radius 1 is 1.00 bits per heavy atom. The minimum absolute atomic E-state index is 0.0820. The Balaban J connectivity index is 2.41. The van der Waals surface area contributed by atoms with Gasteiger partial charge in [-0.25, -0.2) is 5.43 Å². The van der Waals surface area contributed by atoms with Crippen LogP contribution in [0, 0.1) is 20.8 Å². The third-order valence-corrected chi connectivity index (χ3v) is 3.71. The Morgan fingerprint density at radius 3 is 2.12 bits per heavy atom. The number of nitrogens with two attached hydrogens (primary N) is 1. The van der Waals surface area contributed by atoms with Crippen molar-refractivity contribution in [1.82, 2.24) is 5.43 Å². The molecule has 90 valence electrons. The molecule has 0 saturated heterocycles. The van der Waals surface area contributed by atoms with E-state index in [0.29, 0.717) is 0 Å². The summed E-state index contributed by atoms with van der Waals surface area (Å²) in [4.78, 5) is 1.31. The molecular weight excluding hydrogens is 228 g/mol. The van der Waals surface area contributed by atoms with Crippen molar-refractivity contribution < 1.29 is 0 Å². The molecule has 0 saturated carbocycles. The normalized spacial score (nSPS) is 12.7. The standard InChI is InChI=1S/C14H18N2S/c1-9-4-10(2)6-12(5-9)14(16-15)13-7-11(3)17-8-13/h4-8,14,16H,15H2,1-3H3. The van der Waals surface area contributed by atoms with Gasteiger partial charge in [-0.3, -0.25) is 5.84 Å². The molecule has 1 aromatic carbocycles. The molecule has 1 atom stereocenters. The molecule has 0 fully saturated rings. The van der Waals surface area contributed by atoms with Crippen LogP contribution in [0.25, 0.3) is 0 Å². The molecule has 0 aliphatic carbocycles. The largest absolute Gasteiger partial charge is 0.271 e. The van der Waals surface area contributed by atoms with Gasteiger partial charge in [0.25, 0.3) is 0 Å². The summed E-state index contributed by atoms with van der Waals surface area (Å²) in [7, 11) is 0. The van der Waals surface area contributed by atoms with Crippen LogP contribution < -0.4 is 11.3 Å².